The normalized spacial score (nSPS) is 20.9. The standard InChI is InChI=1S/C15H22N2O/c1-11-7-12(2)9-14(8-11)10-17-6-4-5-16-13(3)15(17)18/h7-9,13,16H,4-6,10H2,1-3H3. The van der Waals surface area contributed by atoms with Crippen molar-refractivity contribution in [1.29, 1.82) is 0 Å². The summed E-state index contributed by atoms with van der Waals surface area (Å²) in [7, 11) is 0. The predicted octanol–water partition coefficient (Wildman–Crippen LogP) is 2.01. The number of rotatable bonds is 2. The second kappa shape index (κ2) is 5.53. The fourth-order valence-electron chi connectivity index (χ4n) is 2.60. The Hall–Kier alpha value is -1.35. The number of amides is 1. The maximum Gasteiger partial charge on any atom is 0.239 e. The zero-order valence-corrected chi connectivity index (χ0v) is 11.5. The molecule has 18 heavy (non-hydrogen) atoms. The molecule has 0 aliphatic carbocycles. The monoisotopic (exact) mass is 246 g/mol. The van der Waals surface area contributed by atoms with Crippen LogP contribution in [0.5, 0.6) is 0 Å². The van der Waals surface area contributed by atoms with E-state index in [1.807, 2.05) is 11.8 Å². The van der Waals surface area contributed by atoms with Gasteiger partial charge in [0.05, 0.1) is 6.04 Å². The second-order valence-electron chi connectivity index (χ2n) is 5.29. The van der Waals surface area contributed by atoms with Gasteiger partial charge in [0, 0.05) is 13.1 Å². The van der Waals surface area contributed by atoms with Crippen LogP contribution < -0.4 is 5.32 Å². The van der Waals surface area contributed by atoms with E-state index >= 15 is 0 Å². The molecule has 0 bridgehead atoms. The summed E-state index contributed by atoms with van der Waals surface area (Å²) in [5.74, 6) is 0.214. The molecule has 3 nitrogen and oxygen atoms in total. The van der Waals surface area contributed by atoms with Gasteiger partial charge in [0.2, 0.25) is 5.91 Å². The molecule has 1 aromatic carbocycles. The van der Waals surface area contributed by atoms with Gasteiger partial charge in [-0.2, -0.15) is 0 Å². The third kappa shape index (κ3) is 3.10. The maximum absolute atomic E-state index is 12.2. The van der Waals surface area contributed by atoms with E-state index in [0.29, 0.717) is 0 Å². The number of hydrogen-bond acceptors (Lipinski definition) is 2. The highest BCUT2D eigenvalue weighted by Gasteiger charge is 2.22. The van der Waals surface area contributed by atoms with Gasteiger partial charge in [-0.15, -0.1) is 0 Å². The summed E-state index contributed by atoms with van der Waals surface area (Å²) in [6.07, 6.45) is 1.03. The number of benzene rings is 1. The average molecular weight is 246 g/mol. The molecule has 1 aliphatic rings. The van der Waals surface area contributed by atoms with E-state index in [2.05, 4.69) is 37.4 Å². The molecule has 2 rings (SSSR count). The summed E-state index contributed by atoms with van der Waals surface area (Å²) in [6, 6.07) is 6.45. The first-order valence-corrected chi connectivity index (χ1v) is 6.65. The fraction of sp³-hybridized carbons (Fsp3) is 0.533. The topological polar surface area (TPSA) is 32.3 Å². The van der Waals surface area contributed by atoms with Crippen molar-refractivity contribution in [3.05, 3.63) is 34.9 Å². The molecular formula is C15H22N2O. The van der Waals surface area contributed by atoms with Gasteiger partial charge in [0.25, 0.3) is 0 Å². The van der Waals surface area contributed by atoms with E-state index in [9.17, 15) is 4.79 Å². The molecule has 1 amide bonds. The van der Waals surface area contributed by atoms with Crippen LogP contribution >= 0.6 is 0 Å². The molecule has 1 aliphatic heterocycles. The Kier molecular flexibility index (Phi) is 4.02. The maximum atomic E-state index is 12.2. The molecule has 1 saturated heterocycles. The molecule has 0 aromatic heterocycles. The van der Waals surface area contributed by atoms with Crippen LogP contribution in [0.3, 0.4) is 0 Å². The molecule has 1 heterocycles. The Balaban J connectivity index is 2.13. The van der Waals surface area contributed by atoms with Crippen molar-refractivity contribution >= 4 is 5.91 Å². The number of nitrogens with one attached hydrogen (secondary N) is 1. The van der Waals surface area contributed by atoms with Gasteiger partial charge in [0.15, 0.2) is 0 Å². The third-order valence-corrected chi connectivity index (χ3v) is 3.39. The van der Waals surface area contributed by atoms with Crippen LogP contribution in [0.4, 0.5) is 0 Å². The molecule has 0 saturated carbocycles. The van der Waals surface area contributed by atoms with Gasteiger partial charge in [-0.25, -0.2) is 0 Å². The van der Waals surface area contributed by atoms with Gasteiger partial charge >= 0.3 is 0 Å². The Labute approximate surface area is 109 Å². The first-order chi connectivity index (χ1) is 8.56. The minimum absolute atomic E-state index is 0.0570. The van der Waals surface area contributed by atoms with Crippen molar-refractivity contribution < 1.29 is 4.79 Å². The van der Waals surface area contributed by atoms with Crippen LogP contribution in [-0.2, 0) is 11.3 Å². The molecule has 1 N–H and O–H groups in total. The van der Waals surface area contributed by atoms with Crippen LogP contribution in [0.25, 0.3) is 0 Å². The van der Waals surface area contributed by atoms with Gasteiger partial charge in [-0.3, -0.25) is 4.79 Å². The number of hydrogen-bond donors (Lipinski definition) is 1. The van der Waals surface area contributed by atoms with Crippen LogP contribution in [0.2, 0.25) is 0 Å². The molecule has 1 unspecified atom stereocenters. The van der Waals surface area contributed by atoms with Crippen LogP contribution in [0.15, 0.2) is 18.2 Å². The van der Waals surface area contributed by atoms with Crippen molar-refractivity contribution in [2.45, 2.75) is 39.8 Å². The van der Waals surface area contributed by atoms with Gasteiger partial charge in [-0.05, 0) is 39.3 Å². The molecule has 1 fully saturated rings. The molecule has 1 atom stereocenters. The summed E-state index contributed by atoms with van der Waals surface area (Å²) in [6.45, 7) is 8.66. The Morgan fingerprint density at radius 3 is 2.61 bits per heavy atom. The number of carbonyl (C=O) groups is 1. The van der Waals surface area contributed by atoms with E-state index in [1.54, 1.807) is 0 Å². The Bertz CT molecular complexity index is 422. The molecule has 0 spiro atoms. The third-order valence-electron chi connectivity index (χ3n) is 3.39. The molecule has 3 heteroatoms. The summed E-state index contributed by atoms with van der Waals surface area (Å²) in [5, 5.41) is 3.24. The van der Waals surface area contributed by atoms with Crippen LogP contribution in [0, 0.1) is 13.8 Å². The highest BCUT2D eigenvalue weighted by molar-refractivity contribution is 5.81. The highest BCUT2D eigenvalue weighted by Crippen LogP contribution is 2.13. The smallest absolute Gasteiger partial charge is 0.239 e. The van der Waals surface area contributed by atoms with Crippen molar-refractivity contribution in [3.63, 3.8) is 0 Å². The summed E-state index contributed by atoms with van der Waals surface area (Å²) in [4.78, 5) is 14.2. The van der Waals surface area contributed by atoms with E-state index < -0.39 is 0 Å². The lowest BCUT2D eigenvalue weighted by molar-refractivity contribution is -0.132. The quantitative estimate of drug-likeness (QED) is 0.866. The fourth-order valence-corrected chi connectivity index (χ4v) is 2.60. The van der Waals surface area contributed by atoms with Crippen molar-refractivity contribution in [3.8, 4) is 0 Å². The number of aryl methyl sites for hydroxylation is 2. The van der Waals surface area contributed by atoms with Crippen LogP contribution in [-0.4, -0.2) is 29.9 Å². The zero-order chi connectivity index (χ0) is 13.1. The lowest BCUT2D eigenvalue weighted by Crippen LogP contribution is -2.41. The number of carbonyl (C=O) groups excluding carboxylic acids is 1. The van der Waals surface area contributed by atoms with Gasteiger partial charge < -0.3 is 10.2 Å². The van der Waals surface area contributed by atoms with Gasteiger partial charge in [0.1, 0.15) is 0 Å². The summed E-state index contributed by atoms with van der Waals surface area (Å²) >= 11 is 0. The summed E-state index contributed by atoms with van der Waals surface area (Å²) in [5.41, 5.74) is 3.76. The molecular weight excluding hydrogens is 224 g/mol. The Morgan fingerprint density at radius 2 is 1.94 bits per heavy atom. The van der Waals surface area contributed by atoms with Crippen molar-refractivity contribution in [2.24, 2.45) is 0 Å². The van der Waals surface area contributed by atoms with E-state index in [4.69, 9.17) is 0 Å². The largest absolute Gasteiger partial charge is 0.337 e. The molecule has 98 valence electrons. The highest BCUT2D eigenvalue weighted by atomic mass is 16.2. The molecule has 0 radical (unpaired) electrons. The van der Waals surface area contributed by atoms with E-state index in [0.717, 1.165) is 26.1 Å². The predicted molar refractivity (Wildman–Crippen MR) is 73.4 cm³/mol. The van der Waals surface area contributed by atoms with Crippen LogP contribution in [0.1, 0.15) is 30.0 Å². The molecule has 1 aromatic rings. The lowest BCUT2D eigenvalue weighted by atomic mass is 10.1. The first-order valence-electron chi connectivity index (χ1n) is 6.65. The van der Waals surface area contributed by atoms with Crippen molar-refractivity contribution in [2.75, 3.05) is 13.1 Å². The minimum atomic E-state index is -0.0570. The average Bonchev–Trinajstić information content (AvgIpc) is 2.43. The lowest BCUT2D eigenvalue weighted by Gasteiger charge is -2.23. The number of nitrogens with zero attached hydrogens (tertiary/aromatic N) is 1. The van der Waals surface area contributed by atoms with Crippen molar-refractivity contribution in [1.82, 2.24) is 10.2 Å². The van der Waals surface area contributed by atoms with E-state index in [1.165, 1.54) is 16.7 Å². The first kappa shape index (κ1) is 13.1. The van der Waals surface area contributed by atoms with E-state index in [-0.39, 0.29) is 11.9 Å². The second-order valence-corrected chi connectivity index (χ2v) is 5.29. The Morgan fingerprint density at radius 1 is 1.28 bits per heavy atom. The SMILES string of the molecule is Cc1cc(C)cc(CN2CCCNC(C)C2=O)c1. The minimum Gasteiger partial charge on any atom is -0.337 e. The zero-order valence-electron chi connectivity index (χ0n) is 11.5. The summed E-state index contributed by atoms with van der Waals surface area (Å²) < 4.78 is 0. The van der Waals surface area contributed by atoms with Gasteiger partial charge in [-0.1, -0.05) is 29.3 Å².